The molecule has 4 amide bonds. The van der Waals surface area contributed by atoms with E-state index in [2.05, 4.69) is 5.32 Å². The van der Waals surface area contributed by atoms with Crippen molar-refractivity contribution in [1.82, 2.24) is 15.1 Å². The van der Waals surface area contributed by atoms with E-state index in [-0.39, 0.29) is 30.4 Å². The van der Waals surface area contributed by atoms with Gasteiger partial charge in [-0.05, 0) is 63.5 Å². The van der Waals surface area contributed by atoms with E-state index in [4.69, 9.17) is 0 Å². The molecule has 144 valence electrons. The third kappa shape index (κ3) is 2.82. The smallest absolute Gasteiger partial charge is 0.325 e. The molecule has 0 bridgehead atoms. The third-order valence-electron chi connectivity index (χ3n) is 6.43. The summed E-state index contributed by atoms with van der Waals surface area (Å²) >= 11 is 0. The quantitative estimate of drug-likeness (QED) is 0.815. The molecule has 0 saturated carbocycles. The van der Waals surface area contributed by atoms with Crippen LogP contribution in [0, 0.1) is 0 Å². The van der Waals surface area contributed by atoms with E-state index in [0.717, 1.165) is 48.1 Å². The maximum atomic E-state index is 13.3. The zero-order valence-electron chi connectivity index (χ0n) is 16.0. The van der Waals surface area contributed by atoms with Gasteiger partial charge in [0, 0.05) is 12.1 Å². The Bertz CT molecular complexity index is 783. The second kappa shape index (κ2) is 6.66. The zero-order valence-corrected chi connectivity index (χ0v) is 16.0. The maximum absolute atomic E-state index is 13.3. The lowest BCUT2D eigenvalue weighted by atomic mass is 9.76. The van der Waals surface area contributed by atoms with E-state index in [1.807, 2.05) is 43.0 Å². The number of hydrogen-bond donors (Lipinski definition) is 1. The fourth-order valence-corrected chi connectivity index (χ4v) is 5.08. The molecule has 0 radical (unpaired) electrons. The van der Waals surface area contributed by atoms with Crippen molar-refractivity contribution < 1.29 is 14.4 Å². The number of amides is 4. The highest BCUT2D eigenvalue weighted by Crippen LogP contribution is 2.40. The van der Waals surface area contributed by atoms with E-state index in [1.54, 1.807) is 0 Å². The van der Waals surface area contributed by atoms with Crippen LogP contribution in [0.5, 0.6) is 0 Å². The van der Waals surface area contributed by atoms with Gasteiger partial charge in [0.15, 0.2) is 0 Å². The highest BCUT2D eigenvalue weighted by molar-refractivity contribution is 6.09. The normalized spacial score (nSPS) is 30.4. The van der Waals surface area contributed by atoms with Crippen LogP contribution in [0.25, 0.3) is 0 Å². The summed E-state index contributed by atoms with van der Waals surface area (Å²) in [7, 11) is 0. The Balaban J connectivity index is 1.59. The minimum atomic E-state index is -1.01. The molecule has 6 nitrogen and oxygen atoms in total. The van der Waals surface area contributed by atoms with Crippen LogP contribution < -0.4 is 5.32 Å². The monoisotopic (exact) mass is 369 g/mol. The van der Waals surface area contributed by atoms with Crippen molar-refractivity contribution >= 4 is 17.8 Å². The zero-order chi connectivity index (χ0) is 19.2. The molecule has 4 rings (SSSR count). The van der Waals surface area contributed by atoms with Gasteiger partial charge >= 0.3 is 6.03 Å². The van der Waals surface area contributed by atoms with E-state index >= 15 is 0 Å². The Morgan fingerprint density at radius 3 is 2.59 bits per heavy atom. The molecular formula is C21H27N3O3. The first-order chi connectivity index (χ1) is 12.9. The summed E-state index contributed by atoms with van der Waals surface area (Å²) in [5.41, 5.74) is 0.971. The number of urea groups is 1. The fraction of sp³-hybridized carbons (Fsp3) is 0.571. The maximum Gasteiger partial charge on any atom is 0.325 e. The lowest BCUT2D eigenvalue weighted by Crippen LogP contribution is -2.52. The Morgan fingerprint density at radius 1 is 1.15 bits per heavy atom. The topological polar surface area (TPSA) is 69.7 Å². The minimum Gasteiger partial charge on any atom is -0.336 e. The number of fused-ring (bicyclic) bond motifs is 2. The molecule has 2 saturated heterocycles. The number of rotatable bonds is 2. The predicted molar refractivity (Wildman–Crippen MR) is 101 cm³/mol. The molecule has 2 heterocycles. The molecular weight excluding hydrogens is 342 g/mol. The van der Waals surface area contributed by atoms with Gasteiger partial charge in [0.25, 0.3) is 5.91 Å². The van der Waals surface area contributed by atoms with Crippen LogP contribution in [-0.2, 0) is 21.5 Å². The number of piperidine rings is 1. The summed E-state index contributed by atoms with van der Waals surface area (Å²) in [6.45, 7) is 3.90. The lowest BCUT2D eigenvalue weighted by molar-refractivity contribution is -0.143. The van der Waals surface area contributed by atoms with Crippen LogP contribution in [0.4, 0.5) is 4.79 Å². The first kappa shape index (κ1) is 18.0. The van der Waals surface area contributed by atoms with Crippen molar-refractivity contribution in [2.45, 2.75) is 70.0 Å². The molecule has 0 unspecified atom stereocenters. The fourth-order valence-electron chi connectivity index (χ4n) is 5.08. The van der Waals surface area contributed by atoms with Crippen LogP contribution in [0.3, 0.4) is 0 Å². The minimum absolute atomic E-state index is 0.139. The number of carbonyl (C=O) groups is 3. The van der Waals surface area contributed by atoms with Gasteiger partial charge in [0.05, 0.1) is 0 Å². The average Bonchev–Trinajstić information content (AvgIpc) is 2.87. The third-order valence-corrected chi connectivity index (χ3v) is 6.43. The van der Waals surface area contributed by atoms with Gasteiger partial charge in [-0.1, -0.05) is 24.3 Å². The van der Waals surface area contributed by atoms with Gasteiger partial charge in [0.1, 0.15) is 12.1 Å². The molecule has 3 aliphatic rings. The van der Waals surface area contributed by atoms with Crippen molar-refractivity contribution in [2.75, 3.05) is 6.54 Å². The van der Waals surface area contributed by atoms with Gasteiger partial charge in [-0.2, -0.15) is 0 Å². The first-order valence-corrected chi connectivity index (χ1v) is 9.98. The Labute approximate surface area is 159 Å². The van der Waals surface area contributed by atoms with Gasteiger partial charge in [-0.15, -0.1) is 0 Å². The second-order valence-electron chi connectivity index (χ2n) is 8.17. The van der Waals surface area contributed by atoms with Crippen LogP contribution in [-0.4, -0.2) is 46.3 Å². The highest BCUT2D eigenvalue weighted by Gasteiger charge is 2.54. The van der Waals surface area contributed by atoms with Crippen molar-refractivity contribution in [3.8, 4) is 0 Å². The number of nitrogens with one attached hydrogen (secondary N) is 1. The molecule has 2 aliphatic heterocycles. The number of hydrogen-bond acceptors (Lipinski definition) is 3. The van der Waals surface area contributed by atoms with E-state index in [9.17, 15) is 14.4 Å². The summed E-state index contributed by atoms with van der Waals surface area (Å²) in [6.07, 6.45) is 5.36. The lowest BCUT2D eigenvalue weighted by Gasteiger charge is -2.39. The molecule has 2 fully saturated rings. The van der Waals surface area contributed by atoms with Crippen molar-refractivity contribution in [1.29, 1.82) is 0 Å². The molecule has 1 N–H and O–H groups in total. The molecule has 3 atom stereocenters. The second-order valence-corrected chi connectivity index (χ2v) is 8.17. The van der Waals surface area contributed by atoms with Crippen molar-refractivity contribution in [2.24, 2.45) is 0 Å². The van der Waals surface area contributed by atoms with Crippen LogP contribution >= 0.6 is 0 Å². The molecule has 1 aromatic rings. The van der Waals surface area contributed by atoms with Gasteiger partial charge in [-0.25, -0.2) is 4.79 Å². The summed E-state index contributed by atoms with van der Waals surface area (Å²) < 4.78 is 0. The van der Waals surface area contributed by atoms with Crippen molar-refractivity contribution in [3.63, 3.8) is 0 Å². The van der Waals surface area contributed by atoms with E-state index in [1.165, 1.54) is 0 Å². The predicted octanol–water partition coefficient (Wildman–Crippen LogP) is 2.56. The van der Waals surface area contributed by atoms with E-state index in [0.29, 0.717) is 6.42 Å². The highest BCUT2D eigenvalue weighted by atomic mass is 16.2. The van der Waals surface area contributed by atoms with Gasteiger partial charge in [-0.3, -0.25) is 14.5 Å². The van der Waals surface area contributed by atoms with Crippen molar-refractivity contribution in [3.05, 3.63) is 35.4 Å². The van der Waals surface area contributed by atoms with E-state index < -0.39 is 11.6 Å². The summed E-state index contributed by atoms with van der Waals surface area (Å²) in [5.74, 6) is -0.426. The van der Waals surface area contributed by atoms with Gasteiger partial charge < -0.3 is 10.2 Å². The van der Waals surface area contributed by atoms with Crippen LogP contribution in [0.15, 0.2) is 24.3 Å². The standard InChI is InChI=1S/C21H27N3O3/c1-14-7-5-8-15(2)24(14)18(25)13-23-19(26)21(22-20(23)27)12-6-10-16-9-3-4-11-17(16)21/h3-4,9,11,14-15H,5-8,10,12-13H2,1-2H3,(H,22,27)/t14-,15-,21-/m0/s1. The number of nitrogens with zero attached hydrogens (tertiary/aromatic N) is 2. The number of imide groups is 1. The summed E-state index contributed by atoms with van der Waals surface area (Å²) in [4.78, 5) is 41.9. The number of benzene rings is 1. The number of likely N-dealkylation sites (tertiary alicyclic amines) is 1. The van der Waals surface area contributed by atoms with Gasteiger partial charge in [0.2, 0.25) is 5.91 Å². The number of aryl methyl sites for hydroxylation is 1. The van der Waals surface area contributed by atoms with Crippen LogP contribution in [0.2, 0.25) is 0 Å². The first-order valence-electron chi connectivity index (χ1n) is 9.98. The average molecular weight is 369 g/mol. The summed E-state index contributed by atoms with van der Waals surface area (Å²) in [6, 6.07) is 7.63. The largest absolute Gasteiger partial charge is 0.336 e. The molecule has 6 heteroatoms. The Hall–Kier alpha value is -2.37. The summed E-state index contributed by atoms with van der Waals surface area (Å²) in [5, 5.41) is 2.92. The number of carbonyl (C=O) groups excluding carboxylic acids is 3. The molecule has 1 aromatic carbocycles. The molecule has 0 aromatic heterocycles. The molecule has 27 heavy (non-hydrogen) atoms. The molecule has 1 spiro atoms. The Kier molecular flexibility index (Phi) is 4.44. The van der Waals surface area contributed by atoms with Crippen LogP contribution in [0.1, 0.15) is 57.1 Å². The SMILES string of the molecule is C[C@H]1CCC[C@H](C)N1C(=O)CN1C(=O)N[C@]2(CCCc3ccccc32)C1=O. The Morgan fingerprint density at radius 2 is 1.85 bits per heavy atom. The molecule has 1 aliphatic carbocycles.